The van der Waals surface area contributed by atoms with Crippen LogP contribution in [0.25, 0.3) is 0 Å². The molecular formula is C9H12N2O2. The summed E-state index contributed by atoms with van der Waals surface area (Å²) >= 11 is 0. The van der Waals surface area contributed by atoms with Gasteiger partial charge in [0, 0.05) is 12.1 Å². The summed E-state index contributed by atoms with van der Waals surface area (Å²) in [6, 6.07) is 0. The van der Waals surface area contributed by atoms with Gasteiger partial charge in [0.2, 0.25) is 0 Å². The van der Waals surface area contributed by atoms with Gasteiger partial charge in [-0.1, -0.05) is 0 Å². The number of H-pyrrole nitrogens is 1. The SMILES string of the molecule is CCOC(=O)[C@H]1C[C@@H]1c1c[nH]cn1. The summed E-state index contributed by atoms with van der Waals surface area (Å²) in [5.74, 6) is 0.240. The van der Waals surface area contributed by atoms with Crippen molar-refractivity contribution in [3.05, 3.63) is 18.2 Å². The molecule has 0 bridgehead atoms. The number of rotatable bonds is 3. The number of esters is 1. The van der Waals surface area contributed by atoms with Crippen molar-refractivity contribution in [1.82, 2.24) is 9.97 Å². The minimum absolute atomic E-state index is 0.0447. The molecule has 0 saturated heterocycles. The molecule has 4 nitrogen and oxygen atoms in total. The molecule has 1 fully saturated rings. The molecule has 0 amide bonds. The van der Waals surface area contributed by atoms with Gasteiger partial charge in [-0.3, -0.25) is 4.79 Å². The van der Waals surface area contributed by atoms with Crippen molar-refractivity contribution in [2.75, 3.05) is 6.61 Å². The van der Waals surface area contributed by atoms with Gasteiger partial charge in [0.1, 0.15) is 0 Å². The Hall–Kier alpha value is -1.32. The lowest BCUT2D eigenvalue weighted by Gasteiger charge is -1.98. The van der Waals surface area contributed by atoms with Gasteiger partial charge in [-0.05, 0) is 13.3 Å². The lowest BCUT2D eigenvalue weighted by Crippen LogP contribution is -2.07. The van der Waals surface area contributed by atoms with Gasteiger partial charge < -0.3 is 9.72 Å². The zero-order valence-corrected chi connectivity index (χ0v) is 7.49. The van der Waals surface area contributed by atoms with E-state index in [1.54, 1.807) is 6.33 Å². The van der Waals surface area contributed by atoms with Crippen molar-refractivity contribution in [1.29, 1.82) is 0 Å². The molecule has 4 heteroatoms. The molecule has 1 heterocycles. The van der Waals surface area contributed by atoms with Crippen LogP contribution in [-0.2, 0) is 9.53 Å². The fourth-order valence-electron chi connectivity index (χ4n) is 1.51. The second kappa shape index (κ2) is 3.20. The maximum absolute atomic E-state index is 11.3. The standard InChI is InChI=1S/C9H12N2O2/c1-2-13-9(12)7-3-6(7)8-4-10-5-11-8/h4-7H,2-3H2,1H3,(H,10,11)/t6-,7-/m0/s1. The van der Waals surface area contributed by atoms with E-state index in [0.717, 1.165) is 12.1 Å². The normalized spacial score (nSPS) is 25.6. The molecule has 0 aliphatic heterocycles. The molecular weight excluding hydrogens is 168 g/mol. The minimum Gasteiger partial charge on any atom is -0.466 e. The minimum atomic E-state index is -0.0875. The molecule has 1 aromatic heterocycles. The average Bonchev–Trinajstić information content (AvgIpc) is 2.74. The smallest absolute Gasteiger partial charge is 0.309 e. The van der Waals surface area contributed by atoms with E-state index in [2.05, 4.69) is 9.97 Å². The van der Waals surface area contributed by atoms with Crippen molar-refractivity contribution in [3.8, 4) is 0 Å². The first-order valence-electron chi connectivity index (χ1n) is 4.48. The van der Waals surface area contributed by atoms with Gasteiger partial charge in [-0.2, -0.15) is 0 Å². The van der Waals surface area contributed by atoms with Crippen LogP contribution < -0.4 is 0 Å². The number of nitrogens with one attached hydrogen (secondary N) is 1. The first-order chi connectivity index (χ1) is 6.33. The molecule has 1 aliphatic rings. The summed E-state index contributed by atoms with van der Waals surface area (Å²) in [7, 11) is 0. The molecule has 2 atom stereocenters. The van der Waals surface area contributed by atoms with Gasteiger partial charge in [-0.25, -0.2) is 4.98 Å². The predicted octanol–water partition coefficient (Wildman–Crippen LogP) is 1.08. The molecule has 13 heavy (non-hydrogen) atoms. The molecule has 70 valence electrons. The predicted molar refractivity (Wildman–Crippen MR) is 46.1 cm³/mol. The van der Waals surface area contributed by atoms with Gasteiger partial charge in [0.05, 0.1) is 24.5 Å². The largest absolute Gasteiger partial charge is 0.466 e. The number of hydrogen-bond donors (Lipinski definition) is 1. The summed E-state index contributed by atoms with van der Waals surface area (Å²) in [5.41, 5.74) is 0.970. The zero-order chi connectivity index (χ0) is 9.26. The fraction of sp³-hybridized carbons (Fsp3) is 0.556. The number of ether oxygens (including phenoxy) is 1. The quantitative estimate of drug-likeness (QED) is 0.708. The average molecular weight is 180 g/mol. The van der Waals surface area contributed by atoms with E-state index in [0.29, 0.717) is 6.61 Å². The highest BCUT2D eigenvalue weighted by Gasteiger charge is 2.46. The lowest BCUT2D eigenvalue weighted by molar-refractivity contribution is -0.144. The van der Waals surface area contributed by atoms with Crippen molar-refractivity contribution in [2.45, 2.75) is 19.3 Å². The van der Waals surface area contributed by atoms with E-state index in [1.165, 1.54) is 0 Å². The summed E-state index contributed by atoms with van der Waals surface area (Å²) in [5, 5.41) is 0. The van der Waals surface area contributed by atoms with E-state index in [-0.39, 0.29) is 17.8 Å². The first kappa shape index (κ1) is 8.29. The molecule has 0 radical (unpaired) electrons. The number of aromatic amines is 1. The Morgan fingerprint density at radius 2 is 2.69 bits per heavy atom. The van der Waals surface area contributed by atoms with E-state index >= 15 is 0 Å². The molecule has 2 rings (SSSR count). The zero-order valence-electron chi connectivity index (χ0n) is 7.49. The van der Waals surface area contributed by atoms with Crippen molar-refractivity contribution >= 4 is 5.97 Å². The number of nitrogens with zero attached hydrogens (tertiary/aromatic N) is 1. The fourth-order valence-corrected chi connectivity index (χ4v) is 1.51. The maximum atomic E-state index is 11.3. The molecule has 0 spiro atoms. The molecule has 1 aromatic rings. The summed E-state index contributed by atoms with van der Waals surface area (Å²) in [4.78, 5) is 18.2. The Bertz CT molecular complexity index is 295. The van der Waals surface area contributed by atoms with Crippen LogP contribution in [0.3, 0.4) is 0 Å². The van der Waals surface area contributed by atoms with Crippen LogP contribution in [0.5, 0.6) is 0 Å². The third-order valence-electron chi connectivity index (χ3n) is 2.28. The van der Waals surface area contributed by atoms with Crippen LogP contribution in [0.4, 0.5) is 0 Å². The second-order valence-corrected chi connectivity index (χ2v) is 3.19. The second-order valence-electron chi connectivity index (χ2n) is 3.19. The van der Waals surface area contributed by atoms with E-state index in [4.69, 9.17) is 4.74 Å². The number of imidazole rings is 1. The molecule has 0 unspecified atom stereocenters. The topological polar surface area (TPSA) is 55.0 Å². The van der Waals surface area contributed by atoms with Gasteiger partial charge in [0.25, 0.3) is 0 Å². The van der Waals surface area contributed by atoms with Crippen molar-refractivity contribution in [3.63, 3.8) is 0 Å². The van der Waals surface area contributed by atoms with Crippen LogP contribution in [0.2, 0.25) is 0 Å². The molecule has 0 aromatic carbocycles. The monoisotopic (exact) mass is 180 g/mol. The number of carbonyl (C=O) groups excluding carboxylic acids is 1. The van der Waals surface area contributed by atoms with Crippen LogP contribution in [0.1, 0.15) is 25.0 Å². The van der Waals surface area contributed by atoms with Crippen molar-refractivity contribution in [2.24, 2.45) is 5.92 Å². The highest BCUT2D eigenvalue weighted by Crippen LogP contribution is 2.47. The highest BCUT2D eigenvalue weighted by atomic mass is 16.5. The maximum Gasteiger partial charge on any atom is 0.309 e. The van der Waals surface area contributed by atoms with Crippen molar-refractivity contribution < 1.29 is 9.53 Å². The van der Waals surface area contributed by atoms with Crippen LogP contribution in [0.15, 0.2) is 12.5 Å². The number of aromatic nitrogens is 2. The summed E-state index contributed by atoms with van der Waals surface area (Å²) in [6.07, 6.45) is 4.35. The summed E-state index contributed by atoms with van der Waals surface area (Å²) < 4.78 is 4.92. The Labute approximate surface area is 76.3 Å². The van der Waals surface area contributed by atoms with Crippen LogP contribution in [0, 0.1) is 5.92 Å². The molecule has 1 aliphatic carbocycles. The van der Waals surface area contributed by atoms with E-state index in [9.17, 15) is 4.79 Å². The van der Waals surface area contributed by atoms with Gasteiger partial charge in [0.15, 0.2) is 0 Å². The Morgan fingerprint density at radius 1 is 1.85 bits per heavy atom. The first-order valence-corrected chi connectivity index (χ1v) is 4.48. The molecule has 1 saturated carbocycles. The van der Waals surface area contributed by atoms with Gasteiger partial charge in [-0.15, -0.1) is 0 Å². The number of carbonyl (C=O) groups is 1. The van der Waals surface area contributed by atoms with Crippen LogP contribution >= 0.6 is 0 Å². The lowest BCUT2D eigenvalue weighted by atomic mass is 10.2. The highest BCUT2D eigenvalue weighted by molar-refractivity contribution is 5.77. The third kappa shape index (κ3) is 1.56. The Balaban J connectivity index is 1.92. The Kier molecular flexibility index (Phi) is 2.04. The van der Waals surface area contributed by atoms with E-state index < -0.39 is 0 Å². The summed E-state index contributed by atoms with van der Waals surface area (Å²) in [6.45, 7) is 2.28. The Morgan fingerprint density at radius 3 is 3.31 bits per heavy atom. The van der Waals surface area contributed by atoms with Gasteiger partial charge >= 0.3 is 5.97 Å². The number of hydrogen-bond acceptors (Lipinski definition) is 3. The van der Waals surface area contributed by atoms with E-state index in [1.807, 2.05) is 13.1 Å². The van der Waals surface area contributed by atoms with Crippen LogP contribution in [-0.4, -0.2) is 22.5 Å². The molecule has 1 N–H and O–H groups in total. The third-order valence-corrected chi connectivity index (χ3v) is 2.28.